The predicted molar refractivity (Wildman–Crippen MR) is 96.3 cm³/mol. The predicted octanol–water partition coefficient (Wildman–Crippen LogP) is 5.10. The first kappa shape index (κ1) is 15.4. The molecular formula is C20H16O2S. The SMILES string of the molecule is O=S(O)c1ccccc1/C=C\c1ccc(-c2ccccc2)cc1. The minimum atomic E-state index is -1.98. The lowest BCUT2D eigenvalue weighted by Gasteiger charge is -2.03. The molecule has 0 aliphatic carbocycles. The Morgan fingerprint density at radius 2 is 1.30 bits per heavy atom. The van der Waals surface area contributed by atoms with Crippen LogP contribution in [0, 0.1) is 0 Å². The van der Waals surface area contributed by atoms with Gasteiger partial charge in [-0.15, -0.1) is 0 Å². The molecule has 0 amide bonds. The van der Waals surface area contributed by atoms with Crippen LogP contribution in [0.3, 0.4) is 0 Å². The van der Waals surface area contributed by atoms with Crippen molar-refractivity contribution in [2.75, 3.05) is 0 Å². The van der Waals surface area contributed by atoms with Gasteiger partial charge in [0.1, 0.15) is 0 Å². The van der Waals surface area contributed by atoms with E-state index in [2.05, 4.69) is 24.3 Å². The number of benzene rings is 3. The summed E-state index contributed by atoms with van der Waals surface area (Å²) in [5.74, 6) is 0. The van der Waals surface area contributed by atoms with E-state index < -0.39 is 11.1 Å². The Hall–Kier alpha value is -2.49. The number of hydrogen-bond donors (Lipinski definition) is 1. The Kier molecular flexibility index (Phi) is 4.81. The van der Waals surface area contributed by atoms with Crippen LogP contribution in [-0.2, 0) is 11.1 Å². The molecule has 1 N–H and O–H groups in total. The molecular weight excluding hydrogens is 304 g/mol. The third kappa shape index (κ3) is 3.83. The summed E-state index contributed by atoms with van der Waals surface area (Å²) in [6, 6.07) is 25.5. The Balaban J connectivity index is 1.83. The van der Waals surface area contributed by atoms with E-state index in [0.29, 0.717) is 4.90 Å². The first-order chi connectivity index (χ1) is 11.2. The van der Waals surface area contributed by atoms with Crippen LogP contribution in [0.25, 0.3) is 23.3 Å². The average molecular weight is 320 g/mol. The molecule has 0 fully saturated rings. The molecule has 3 aromatic rings. The maximum atomic E-state index is 11.3. The second-order valence-electron chi connectivity index (χ2n) is 5.11. The fraction of sp³-hybridized carbons (Fsp3) is 0. The highest BCUT2D eigenvalue weighted by Gasteiger charge is 2.03. The summed E-state index contributed by atoms with van der Waals surface area (Å²) in [5.41, 5.74) is 4.15. The topological polar surface area (TPSA) is 37.3 Å². The summed E-state index contributed by atoms with van der Waals surface area (Å²) in [6.07, 6.45) is 3.81. The highest BCUT2D eigenvalue weighted by molar-refractivity contribution is 7.79. The second kappa shape index (κ2) is 7.18. The van der Waals surface area contributed by atoms with Gasteiger partial charge in [-0.2, -0.15) is 0 Å². The van der Waals surface area contributed by atoms with E-state index >= 15 is 0 Å². The quantitative estimate of drug-likeness (QED) is 0.536. The lowest BCUT2D eigenvalue weighted by molar-refractivity contribution is 0.564. The zero-order valence-electron chi connectivity index (χ0n) is 12.4. The molecule has 0 aromatic heterocycles. The van der Waals surface area contributed by atoms with Crippen LogP contribution in [-0.4, -0.2) is 8.76 Å². The third-order valence-corrected chi connectivity index (χ3v) is 4.33. The van der Waals surface area contributed by atoms with Crippen molar-refractivity contribution in [2.45, 2.75) is 4.90 Å². The Morgan fingerprint density at radius 1 is 0.696 bits per heavy atom. The Morgan fingerprint density at radius 3 is 2.00 bits per heavy atom. The molecule has 3 aromatic carbocycles. The zero-order chi connectivity index (χ0) is 16.1. The van der Waals surface area contributed by atoms with Gasteiger partial charge in [-0.25, -0.2) is 4.21 Å². The number of rotatable bonds is 4. The summed E-state index contributed by atoms with van der Waals surface area (Å²) in [5, 5.41) is 0. The zero-order valence-corrected chi connectivity index (χ0v) is 13.2. The van der Waals surface area contributed by atoms with E-state index in [1.54, 1.807) is 12.1 Å². The van der Waals surface area contributed by atoms with Gasteiger partial charge >= 0.3 is 0 Å². The minimum Gasteiger partial charge on any atom is -0.302 e. The minimum absolute atomic E-state index is 0.421. The molecule has 1 atom stereocenters. The molecule has 0 bridgehead atoms. The summed E-state index contributed by atoms with van der Waals surface area (Å²) in [4.78, 5) is 0.421. The highest BCUT2D eigenvalue weighted by atomic mass is 32.2. The van der Waals surface area contributed by atoms with E-state index in [-0.39, 0.29) is 0 Å². The van der Waals surface area contributed by atoms with Gasteiger partial charge in [-0.05, 0) is 28.3 Å². The average Bonchev–Trinajstić information content (AvgIpc) is 2.61. The molecule has 1 unspecified atom stereocenters. The molecule has 0 saturated carbocycles. The molecule has 0 heterocycles. The third-order valence-electron chi connectivity index (χ3n) is 3.58. The van der Waals surface area contributed by atoms with Crippen molar-refractivity contribution in [3.63, 3.8) is 0 Å². The Bertz CT molecular complexity index is 837. The second-order valence-corrected chi connectivity index (χ2v) is 6.05. The van der Waals surface area contributed by atoms with Gasteiger partial charge in [0, 0.05) is 0 Å². The van der Waals surface area contributed by atoms with Gasteiger partial charge in [0.25, 0.3) is 0 Å². The molecule has 3 heteroatoms. The van der Waals surface area contributed by atoms with Crippen molar-refractivity contribution >= 4 is 23.2 Å². The van der Waals surface area contributed by atoms with Crippen molar-refractivity contribution in [3.8, 4) is 11.1 Å². The maximum absolute atomic E-state index is 11.3. The van der Waals surface area contributed by atoms with Crippen molar-refractivity contribution in [1.29, 1.82) is 0 Å². The van der Waals surface area contributed by atoms with Crippen LogP contribution in [0.2, 0.25) is 0 Å². The largest absolute Gasteiger partial charge is 0.302 e. The van der Waals surface area contributed by atoms with E-state index in [4.69, 9.17) is 0 Å². The molecule has 3 rings (SSSR count). The molecule has 0 spiro atoms. The lowest BCUT2D eigenvalue weighted by atomic mass is 10.0. The molecule has 23 heavy (non-hydrogen) atoms. The fourth-order valence-electron chi connectivity index (χ4n) is 2.38. The van der Waals surface area contributed by atoms with Gasteiger partial charge in [0.15, 0.2) is 11.1 Å². The number of hydrogen-bond acceptors (Lipinski definition) is 1. The van der Waals surface area contributed by atoms with Crippen LogP contribution in [0.15, 0.2) is 83.8 Å². The standard InChI is InChI=1S/C20H16O2S/c21-23(22)20-9-5-4-8-19(20)15-12-16-10-13-18(14-11-16)17-6-2-1-3-7-17/h1-15H,(H,21,22)/b15-12-. The summed E-state index contributed by atoms with van der Waals surface area (Å²) < 4.78 is 20.6. The van der Waals surface area contributed by atoms with E-state index in [1.807, 2.05) is 54.6 Å². The van der Waals surface area contributed by atoms with Crippen molar-refractivity contribution < 1.29 is 8.76 Å². The monoisotopic (exact) mass is 320 g/mol. The van der Waals surface area contributed by atoms with Crippen LogP contribution in [0.5, 0.6) is 0 Å². The fourth-order valence-corrected chi connectivity index (χ4v) is 2.91. The molecule has 0 aliphatic rings. The highest BCUT2D eigenvalue weighted by Crippen LogP contribution is 2.21. The normalized spacial score (nSPS) is 12.4. The molecule has 0 radical (unpaired) electrons. The van der Waals surface area contributed by atoms with Crippen LogP contribution < -0.4 is 0 Å². The van der Waals surface area contributed by atoms with Gasteiger partial charge in [0.05, 0.1) is 4.90 Å². The van der Waals surface area contributed by atoms with Crippen molar-refractivity contribution in [1.82, 2.24) is 0 Å². The summed E-state index contributed by atoms with van der Waals surface area (Å²) in [7, 11) is 0. The van der Waals surface area contributed by atoms with Gasteiger partial charge < -0.3 is 4.55 Å². The van der Waals surface area contributed by atoms with Crippen molar-refractivity contribution in [2.24, 2.45) is 0 Å². The Labute approximate surface area is 138 Å². The first-order valence-corrected chi connectivity index (χ1v) is 8.38. The van der Waals surface area contributed by atoms with E-state index in [9.17, 15) is 8.76 Å². The van der Waals surface area contributed by atoms with Crippen molar-refractivity contribution in [3.05, 3.63) is 90.0 Å². The van der Waals surface area contributed by atoms with Gasteiger partial charge in [0.2, 0.25) is 0 Å². The molecule has 0 aliphatic heterocycles. The summed E-state index contributed by atoms with van der Waals surface area (Å²) in [6.45, 7) is 0. The maximum Gasteiger partial charge on any atom is 0.187 e. The van der Waals surface area contributed by atoms with E-state index in [0.717, 1.165) is 11.1 Å². The van der Waals surface area contributed by atoms with E-state index in [1.165, 1.54) is 11.1 Å². The smallest absolute Gasteiger partial charge is 0.187 e. The molecule has 114 valence electrons. The van der Waals surface area contributed by atoms with Crippen LogP contribution in [0.4, 0.5) is 0 Å². The first-order valence-electron chi connectivity index (χ1n) is 7.27. The molecule has 0 saturated heterocycles. The van der Waals surface area contributed by atoms with Crippen LogP contribution >= 0.6 is 0 Å². The van der Waals surface area contributed by atoms with Gasteiger partial charge in [-0.1, -0.05) is 84.9 Å². The summed E-state index contributed by atoms with van der Waals surface area (Å²) >= 11 is -1.98. The van der Waals surface area contributed by atoms with Gasteiger partial charge in [-0.3, -0.25) is 0 Å². The molecule has 2 nitrogen and oxygen atoms in total. The van der Waals surface area contributed by atoms with Crippen LogP contribution in [0.1, 0.15) is 11.1 Å². The lowest BCUT2D eigenvalue weighted by Crippen LogP contribution is -1.91.